The van der Waals surface area contributed by atoms with E-state index in [4.69, 9.17) is 9.84 Å². The number of sulfonamides is 1. The number of carboxylic acids is 1. The number of carboxylic acid groups (broad SMARTS) is 1. The summed E-state index contributed by atoms with van der Waals surface area (Å²) in [5, 5.41) is 9.07. The van der Waals surface area contributed by atoms with Crippen LogP contribution < -0.4 is 4.74 Å². The summed E-state index contributed by atoms with van der Waals surface area (Å²) in [5.41, 5.74) is 0. The van der Waals surface area contributed by atoms with E-state index >= 15 is 0 Å². The van der Waals surface area contributed by atoms with Gasteiger partial charge in [0.1, 0.15) is 11.8 Å². The Balaban J connectivity index is 2.99. The molecule has 1 aromatic carbocycles. The first-order valence-electron chi connectivity index (χ1n) is 6.78. The predicted molar refractivity (Wildman–Crippen MR) is 78.9 cm³/mol. The second-order valence-electron chi connectivity index (χ2n) is 4.60. The van der Waals surface area contributed by atoms with Crippen LogP contribution in [0.2, 0.25) is 0 Å². The van der Waals surface area contributed by atoms with Gasteiger partial charge in [0.15, 0.2) is 0 Å². The van der Waals surface area contributed by atoms with Crippen molar-refractivity contribution in [3.63, 3.8) is 0 Å². The first-order valence-corrected chi connectivity index (χ1v) is 8.22. The van der Waals surface area contributed by atoms with Crippen molar-refractivity contribution in [3.8, 4) is 5.75 Å². The molecule has 0 aromatic heterocycles. The molecule has 0 spiro atoms. The molecule has 0 aliphatic rings. The predicted octanol–water partition coefficient (Wildman–Crippen LogP) is 1.96. The molecule has 0 aliphatic heterocycles. The fourth-order valence-electron chi connectivity index (χ4n) is 1.85. The molecule has 0 fully saturated rings. The molecular formula is C14H21NO5S. The van der Waals surface area contributed by atoms with Crippen molar-refractivity contribution in [1.29, 1.82) is 0 Å². The van der Waals surface area contributed by atoms with Crippen LogP contribution in [0.3, 0.4) is 0 Å². The lowest BCUT2D eigenvalue weighted by Crippen LogP contribution is -2.41. The molecule has 1 N–H and O–H groups in total. The van der Waals surface area contributed by atoms with Crippen molar-refractivity contribution >= 4 is 16.0 Å². The Morgan fingerprint density at radius 3 is 2.29 bits per heavy atom. The molecule has 1 unspecified atom stereocenters. The molecule has 0 saturated heterocycles. The average Bonchev–Trinajstić information content (AvgIpc) is 2.45. The number of rotatable bonds is 8. The van der Waals surface area contributed by atoms with Gasteiger partial charge in [0.2, 0.25) is 10.0 Å². The van der Waals surface area contributed by atoms with Gasteiger partial charge < -0.3 is 9.84 Å². The monoisotopic (exact) mass is 315 g/mol. The van der Waals surface area contributed by atoms with Gasteiger partial charge in [-0.2, -0.15) is 4.31 Å². The van der Waals surface area contributed by atoms with Gasteiger partial charge in [-0.15, -0.1) is 0 Å². The van der Waals surface area contributed by atoms with E-state index in [0.29, 0.717) is 12.4 Å². The van der Waals surface area contributed by atoms with Crippen LogP contribution in [0, 0.1) is 0 Å². The molecule has 0 radical (unpaired) electrons. The largest absolute Gasteiger partial charge is 0.494 e. The zero-order chi connectivity index (χ0) is 16.0. The molecule has 1 rings (SSSR count). The smallest absolute Gasteiger partial charge is 0.321 e. The quantitative estimate of drug-likeness (QED) is 0.793. The van der Waals surface area contributed by atoms with Gasteiger partial charge in [-0.25, -0.2) is 8.42 Å². The van der Waals surface area contributed by atoms with E-state index in [1.807, 2.05) is 6.92 Å². The van der Waals surface area contributed by atoms with E-state index < -0.39 is 22.0 Å². The lowest BCUT2D eigenvalue weighted by Gasteiger charge is -2.23. The highest BCUT2D eigenvalue weighted by atomic mass is 32.2. The van der Waals surface area contributed by atoms with Crippen LogP contribution in [-0.2, 0) is 14.8 Å². The molecule has 0 amide bonds. The number of hydrogen-bond donors (Lipinski definition) is 1. The first-order chi connectivity index (χ1) is 9.84. The SMILES string of the molecule is CCCOc1ccc(S(=O)(=O)N(C)C(CC)C(=O)O)cc1. The summed E-state index contributed by atoms with van der Waals surface area (Å²) in [7, 11) is -2.56. The average molecular weight is 315 g/mol. The van der Waals surface area contributed by atoms with E-state index in [1.165, 1.54) is 19.2 Å². The molecule has 6 nitrogen and oxygen atoms in total. The van der Waals surface area contributed by atoms with E-state index in [1.54, 1.807) is 19.1 Å². The molecule has 0 heterocycles. The summed E-state index contributed by atoms with van der Waals surface area (Å²) >= 11 is 0. The van der Waals surface area contributed by atoms with Crippen LogP contribution >= 0.6 is 0 Å². The second kappa shape index (κ2) is 7.42. The van der Waals surface area contributed by atoms with E-state index in [9.17, 15) is 13.2 Å². The maximum atomic E-state index is 12.4. The number of benzene rings is 1. The van der Waals surface area contributed by atoms with Gasteiger partial charge in [0.25, 0.3) is 0 Å². The van der Waals surface area contributed by atoms with E-state index in [-0.39, 0.29) is 11.3 Å². The van der Waals surface area contributed by atoms with Crippen LogP contribution in [-0.4, -0.2) is 43.5 Å². The van der Waals surface area contributed by atoms with Crippen molar-refractivity contribution in [2.75, 3.05) is 13.7 Å². The van der Waals surface area contributed by atoms with Crippen molar-refractivity contribution in [2.24, 2.45) is 0 Å². The third kappa shape index (κ3) is 4.18. The summed E-state index contributed by atoms with van der Waals surface area (Å²) in [6.07, 6.45) is 1.06. The van der Waals surface area contributed by atoms with E-state index in [0.717, 1.165) is 10.7 Å². The molecular weight excluding hydrogens is 294 g/mol. The topological polar surface area (TPSA) is 83.9 Å². The van der Waals surface area contributed by atoms with Crippen LogP contribution in [0.4, 0.5) is 0 Å². The maximum absolute atomic E-state index is 12.4. The lowest BCUT2D eigenvalue weighted by molar-refractivity contribution is -0.141. The highest BCUT2D eigenvalue weighted by Crippen LogP contribution is 2.21. The van der Waals surface area contributed by atoms with Crippen molar-refractivity contribution < 1.29 is 23.1 Å². The summed E-state index contributed by atoms with van der Waals surface area (Å²) in [6.45, 7) is 4.17. The molecule has 0 saturated carbocycles. The lowest BCUT2D eigenvalue weighted by atomic mass is 10.2. The third-order valence-electron chi connectivity index (χ3n) is 3.08. The van der Waals surface area contributed by atoms with Gasteiger partial charge >= 0.3 is 5.97 Å². The highest BCUT2D eigenvalue weighted by molar-refractivity contribution is 7.89. The van der Waals surface area contributed by atoms with Gasteiger partial charge in [-0.05, 0) is 37.1 Å². The maximum Gasteiger partial charge on any atom is 0.321 e. The zero-order valence-electron chi connectivity index (χ0n) is 12.4. The van der Waals surface area contributed by atoms with Crippen LogP contribution in [0.25, 0.3) is 0 Å². The van der Waals surface area contributed by atoms with Gasteiger partial charge in [-0.3, -0.25) is 4.79 Å². The normalized spacial score (nSPS) is 13.1. The molecule has 21 heavy (non-hydrogen) atoms. The van der Waals surface area contributed by atoms with Gasteiger partial charge in [-0.1, -0.05) is 13.8 Å². The van der Waals surface area contributed by atoms with Gasteiger partial charge in [0, 0.05) is 7.05 Å². The van der Waals surface area contributed by atoms with Crippen molar-refractivity contribution in [3.05, 3.63) is 24.3 Å². The van der Waals surface area contributed by atoms with Crippen LogP contribution in [0.5, 0.6) is 5.75 Å². The number of carbonyl (C=O) groups is 1. The highest BCUT2D eigenvalue weighted by Gasteiger charge is 2.31. The summed E-state index contributed by atoms with van der Waals surface area (Å²) in [4.78, 5) is 11.1. The molecule has 7 heteroatoms. The molecule has 1 atom stereocenters. The molecule has 0 bridgehead atoms. The van der Waals surface area contributed by atoms with Crippen LogP contribution in [0.1, 0.15) is 26.7 Å². The standard InChI is InChI=1S/C14H21NO5S/c1-4-10-20-11-6-8-12(9-7-11)21(18,19)15(3)13(5-2)14(16)17/h6-9,13H,4-5,10H2,1-3H3,(H,16,17). The summed E-state index contributed by atoms with van der Waals surface area (Å²) in [5.74, 6) is -0.574. The molecule has 1 aromatic rings. The Labute approximate surface area is 125 Å². The Morgan fingerprint density at radius 2 is 1.86 bits per heavy atom. The Bertz CT molecular complexity index is 568. The Kier molecular flexibility index (Phi) is 6.17. The number of ether oxygens (including phenoxy) is 1. The second-order valence-corrected chi connectivity index (χ2v) is 6.60. The first kappa shape index (κ1) is 17.5. The number of hydrogen-bond acceptors (Lipinski definition) is 4. The minimum absolute atomic E-state index is 0.0496. The fourth-order valence-corrected chi connectivity index (χ4v) is 3.24. The van der Waals surface area contributed by atoms with Crippen LogP contribution in [0.15, 0.2) is 29.2 Å². The number of nitrogens with zero attached hydrogens (tertiary/aromatic N) is 1. The van der Waals surface area contributed by atoms with Crippen molar-refractivity contribution in [1.82, 2.24) is 4.31 Å². The summed E-state index contributed by atoms with van der Waals surface area (Å²) < 4.78 is 31.0. The Hall–Kier alpha value is -1.60. The Morgan fingerprint density at radius 1 is 1.29 bits per heavy atom. The minimum Gasteiger partial charge on any atom is -0.494 e. The molecule has 118 valence electrons. The number of likely N-dealkylation sites (N-methyl/N-ethyl adjacent to an activating group) is 1. The van der Waals surface area contributed by atoms with E-state index in [2.05, 4.69) is 0 Å². The third-order valence-corrected chi connectivity index (χ3v) is 4.96. The minimum atomic E-state index is -3.84. The number of aliphatic carboxylic acids is 1. The van der Waals surface area contributed by atoms with Crippen molar-refractivity contribution in [2.45, 2.75) is 37.6 Å². The molecule has 0 aliphatic carbocycles. The van der Waals surface area contributed by atoms with Gasteiger partial charge in [0.05, 0.1) is 11.5 Å². The summed E-state index contributed by atoms with van der Waals surface area (Å²) in [6, 6.07) is 4.90. The zero-order valence-corrected chi connectivity index (χ0v) is 13.3. The fraction of sp³-hybridized carbons (Fsp3) is 0.500.